The van der Waals surface area contributed by atoms with E-state index < -0.39 is 5.82 Å². The summed E-state index contributed by atoms with van der Waals surface area (Å²) < 4.78 is 22.9. The molecule has 1 saturated carbocycles. The maximum atomic E-state index is 15.5. The molecule has 2 aliphatic rings. The number of anilines is 1. The average Bonchev–Trinajstić information content (AvgIpc) is 3.41. The number of carbonyl (C=O) groups is 1. The number of carbonyl (C=O) groups excluding carboxylic acids is 1. The fourth-order valence-corrected chi connectivity index (χ4v) is 5.65. The van der Waals surface area contributed by atoms with Crippen LogP contribution in [0.15, 0.2) is 66.5 Å². The van der Waals surface area contributed by atoms with Gasteiger partial charge in [-0.3, -0.25) is 4.79 Å². The van der Waals surface area contributed by atoms with Crippen molar-refractivity contribution in [3.8, 4) is 28.8 Å². The number of rotatable bonds is 9. The SMILES string of the molecule is CCNC1(C=C(C#N)C(=O)N2CCCC2Cn2nc(-c3ccc(Oc4ccccc4)cc3F)c3c(N)ncnc32)CC1. The number of fused-ring (bicyclic) bond motifs is 1. The summed E-state index contributed by atoms with van der Waals surface area (Å²) in [5.74, 6) is 0.303. The number of nitrogens with two attached hydrogens (primary N) is 1. The summed E-state index contributed by atoms with van der Waals surface area (Å²) in [5, 5.41) is 18.4. The van der Waals surface area contributed by atoms with E-state index in [2.05, 4.69) is 21.4 Å². The Morgan fingerprint density at radius 2 is 2.05 bits per heavy atom. The van der Waals surface area contributed by atoms with Gasteiger partial charge in [0.25, 0.3) is 5.91 Å². The minimum Gasteiger partial charge on any atom is -0.457 e. The largest absolute Gasteiger partial charge is 0.457 e. The fourth-order valence-electron chi connectivity index (χ4n) is 5.65. The highest BCUT2D eigenvalue weighted by molar-refractivity contribution is 5.99. The molecule has 2 aromatic heterocycles. The summed E-state index contributed by atoms with van der Waals surface area (Å²) in [6.45, 7) is 3.62. The van der Waals surface area contributed by atoms with Crippen LogP contribution in [0.4, 0.5) is 10.2 Å². The molecule has 1 saturated heterocycles. The van der Waals surface area contributed by atoms with Crippen LogP contribution in [0, 0.1) is 17.1 Å². The van der Waals surface area contributed by atoms with E-state index in [1.807, 2.05) is 25.1 Å². The molecule has 3 heterocycles. The van der Waals surface area contributed by atoms with Crippen molar-refractivity contribution >= 4 is 22.8 Å². The minimum atomic E-state index is -0.533. The Bertz CT molecular complexity index is 1710. The molecule has 6 rings (SSSR count). The van der Waals surface area contributed by atoms with Crippen LogP contribution in [0.2, 0.25) is 0 Å². The van der Waals surface area contributed by atoms with Gasteiger partial charge < -0.3 is 20.7 Å². The van der Waals surface area contributed by atoms with Crippen LogP contribution >= 0.6 is 0 Å². The van der Waals surface area contributed by atoms with Gasteiger partial charge in [0, 0.05) is 23.7 Å². The van der Waals surface area contributed by atoms with Gasteiger partial charge >= 0.3 is 0 Å². The highest BCUT2D eigenvalue weighted by Crippen LogP contribution is 2.38. The van der Waals surface area contributed by atoms with Gasteiger partial charge in [-0.1, -0.05) is 25.1 Å². The van der Waals surface area contributed by atoms with E-state index in [9.17, 15) is 10.1 Å². The molecule has 2 aromatic carbocycles. The Morgan fingerprint density at radius 3 is 2.76 bits per heavy atom. The van der Waals surface area contributed by atoms with E-state index >= 15 is 4.39 Å². The zero-order chi connectivity index (χ0) is 29.3. The van der Waals surface area contributed by atoms with Crippen LogP contribution in [-0.2, 0) is 11.3 Å². The zero-order valence-electron chi connectivity index (χ0n) is 23.3. The smallest absolute Gasteiger partial charge is 0.264 e. The summed E-state index contributed by atoms with van der Waals surface area (Å²) in [6.07, 6.45) is 6.48. The monoisotopic (exact) mass is 566 g/mol. The molecule has 3 N–H and O–H groups in total. The van der Waals surface area contributed by atoms with Gasteiger partial charge in [0.1, 0.15) is 46.8 Å². The number of likely N-dealkylation sites (tertiary alicyclic amines) is 1. The Hall–Kier alpha value is -4.82. The summed E-state index contributed by atoms with van der Waals surface area (Å²) in [4.78, 5) is 23.8. The Balaban J connectivity index is 1.29. The molecule has 0 radical (unpaired) electrons. The number of ether oxygens (including phenoxy) is 1. The van der Waals surface area contributed by atoms with E-state index in [0.29, 0.717) is 41.3 Å². The van der Waals surface area contributed by atoms with Crippen molar-refractivity contribution in [2.75, 3.05) is 18.8 Å². The number of benzene rings is 2. The topological polar surface area (TPSA) is 135 Å². The van der Waals surface area contributed by atoms with Crippen molar-refractivity contribution in [3.63, 3.8) is 0 Å². The summed E-state index contributed by atoms with van der Waals surface area (Å²) >= 11 is 0. The first-order chi connectivity index (χ1) is 20.4. The number of hydrogen-bond donors (Lipinski definition) is 2. The van der Waals surface area contributed by atoms with Crippen molar-refractivity contribution < 1.29 is 13.9 Å². The van der Waals surface area contributed by atoms with Crippen LogP contribution in [0.1, 0.15) is 32.6 Å². The van der Waals surface area contributed by atoms with Crippen LogP contribution in [0.5, 0.6) is 11.5 Å². The van der Waals surface area contributed by atoms with Crippen molar-refractivity contribution in [2.45, 2.75) is 50.7 Å². The molecule has 1 atom stereocenters. The van der Waals surface area contributed by atoms with Crippen LogP contribution in [0.3, 0.4) is 0 Å². The van der Waals surface area contributed by atoms with Gasteiger partial charge in [-0.05, 0) is 62.6 Å². The third-order valence-electron chi connectivity index (χ3n) is 7.84. The molecule has 10 nitrogen and oxygen atoms in total. The molecular weight excluding hydrogens is 535 g/mol. The number of nitrogens with one attached hydrogen (secondary N) is 1. The second-order valence-electron chi connectivity index (χ2n) is 10.7. The lowest BCUT2D eigenvalue weighted by atomic mass is 10.1. The second-order valence-corrected chi connectivity index (χ2v) is 10.7. The maximum Gasteiger partial charge on any atom is 0.264 e. The van der Waals surface area contributed by atoms with Gasteiger partial charge in [0.05, 0.1) is 18.0 Å². The van der Waals surface area contributed by atoms with Crippen molar-refractivity contribution in [2.24, 2.45) is 0 Å². The lowest BCUT2D eigenvalue weighted by molar-refractivity contribution is -0.127. The summed E-state index contributed by atoms with van der Waals surface area (Å²) in [7, 11) is 0. The molecule has 1 aliphatic carbocycles. The highest BCUT2D eigenvalue weighted by atomic mass is 19.1. The maximum absolute atomic E-state index is 15.5. The predicted octanol–water partition coefficient (Wildman–Crippen LogP) is 4.59. The van der Waals surface area contributed by atoms with Gasteiger partial charge in [0.2, 0.25) is 0 Å². The van der Waals surface area contributed by atoms with E-state index in [0.717, 1.165) is 32.2 Å². The molecule has 214 valence electrons. The van der Waals surface area contributed by atoms with Crippen LogP contribution in [-0.4, -0.2) is 55.2 Å². The lowest BCUT2D eigenvalue weighted by Crippen LogP contribution is -2.40. The van der Waals surface area contributed by atoms with Crippen molar-refractivity contribution in [1.82, 2.24) is 30.0 Å². The summed E-state index contributed by atoms with van der Waals surface area (Å²) in [5.41, 5.74) is 7.12. The third-order valence-corrected chi connectivity index (χ3v) is 7.84. The lowest BCUT2D eigenvalue weighted by Gasteiger charge is -2.25. The van der Waals surface area contributed by atoms with E-state index in [1.54, 1.807) is 39.9 Å². The first-order valence-electron chi connectivity index (χ1n) is 14.1. The molecule has 0 bridgehead atoms. The number of aromatic nitrogens is 4. The molecule has 4 aromatic rings. The minimum absolute atomic E-state index is 0.151. The number of nitrogen functional groups attached to an aromatic ring is 1. The fraction of sp³-hybridized carbons (Fsp3) is 0.323. The normalized spacial score (nSPS) is 17.8. The van der Waals surface area contributed by atoms with E-state index in [-0.39, 0.29) is 34.4 Å². The first-order valence-corrected chi connectivity index (χ1v) is 14.1. The third kappa shape index (κ3) is 5.29. The summed E-state index contributed by atoms with van der Waals surface area (Å²) in [6, 6.07) is 15.6. The van der Waals surface area contributed by atoms with E-state index in [1.165, 1.54) is 12.4 Å². The standard InChI is InChI=1S/C31H31FN8O2/c1-2-37-31(12-13-31)16-20(17-33)30(41)39-14-6-7-21(39)18-40-29-26(28(34)35-19-36-29)27(38-40)24-11-10-23(15-25(24)32)42-22-8-4-3-5-9-22/h3-5,8-11,15-16,19,21,37H,2,6-7,12-14,18H2,1H3,(H2,34,35,36). The second kappa shape index (κ2) is 11.2. The Kier molecular flexibility index (Phi) is 7.31. The van der Waals surface area contributed by atoms with Gasteiger partial charge in [-0.25, -0.2) is 19.0 Å². The van der Waals surface area contributed by atoms with Crippen molar-refractivity contribution in [1.29, 1.82) is 5.26 Å². The Labute approximate surface area is 242 Å². The van der Waals surface area contributed by atoms with Crippen molar-refractivity contribution in [3.05, 3.63) is 72.3 Å². The number of hydrogen-bond acceptors (Lipinski definition) is 8. The number of halogens is 1. The van der Waals surface area contributed by atoms with E-state index in [4.69, 9.17) is 15.6 Å². The number of nitrogens with zero attached hydrogens (tertiary/aromatic N) is 6. The molecule has 42 heavy (non-hydrogen) atoms. The van der Waals surface area contributed by atoms with Gasteiger partial charge in [0.15, 0.2) is 5.65 Å². The van der Waals surface area contributed by atoms with Crippen LogP contribution in [0.25, 0.3) is 22.3 Å². The number of nitriles is 1. The molecule has 0 spiro atoms. The molecule has 1 unspecified atom stereocenters. The van der Waals surface area contributed by atoms with Gasteiger partial charge in [-0.15, -0.1) is 0 Å². The Morgan fingerprint density at radius 1 is 1.24 bits per heavy atom. The molecule has 1 aliphatic heterocycles. The number of amides is 1. The van der Waals surface area contributed by atoms with Crippen LogP contribution < -0.4 is 15.8 Å². The van der Waals surface area contributed by atoms with Gasteiger partial charge in [-0.2, -0.15) is 10.4 Å². The first kappa shape index (κ1) is 27.4. The quantitative estimate of drug-likeness (QED) is 0.222. The zero-order valence-corrected chi connectivity index (χ0v) is 23.3. The number of para-hydroxylation sites is 1. The molecule has 2 fully saturated rings. The molecular formula is C31H31FN8O2. The molecule has 11 heteroatoms. The average molecular weight is 567 g/mol. The predicted molar refractivity (Wildman–Crippen MR) is 156 cm³/mol. The highest BCUT2D eigenvalue weighted by Gasteiger charge is 2.42. The molecule has 1 amide bonds. The number of likely N-dealkylation sites (N-methyl/N-ethyl adjacent to an activating group) is 1.